The Labute approximate surface area is 56.3 Å². The zero-order valence-electron chi connectivity index (χ0n) is 4.90. The third-order valence-corrected chi connectivity index (χ3v) is 2.59. The summed E-state index contributed by atoms with van der Waals surface area (Å²) in [5.41, 5.74) is 0. The van der Waals surface area contributed by atoms with E-state index in [1.165, 1.54) is 6.42 Å². The molecule has 0 saturated carbocycles. The molecule has 0 spiro atoms. The van der Waals surface area contributed by atoms with Gasteiger partial charge in [0.15, 0.2) is 0 Å². The van der Waals surface area contributed by atoms with Gasteiger partial charge in [-0.15, -0.1) is 0 Å². The Morgan fingerprint density at radius 3 is 2.29 bits per heavy atom. The molecule has 0 aromatic rings. The van der Waals surface area contributed by atoms with Gasteiger partial charge in [0.2, 0.25) is 0 Å². The van der Waals surface area contributed by atoms with Crippen molar-refractivity contribution in [3.63, 3.8) is 0 Å². The van der Waals surface area contributed by atoms with Crippen molar-refractivity contribution >= 4 is 0 Å². The minimum atomic E-state index is -1.27. The summed E-state index contributed by atoms with van der Waals surface area (Å²) in [5.74, 6) is 0.751. The molecule has 0 saturated heterocycles. The van der Waals surface area contributed by atoms with Crippen LogP contribution in [0.25, 0.3) is 0 Å². The summed E-state index contributed by atoms with van der Waals surface area (Å²) in [6, 6.07) is 0. The van der Waals surface area contributed by atoms with Gasteiger partial charge < -0.3 is 0 Å². The van der Waals surface area contributed by atoms with E-state index in [1.807, 2.05) is 0 Å². The Balaban J connectivity index is 2.81. The zero-order valence-corrected chi connectivity index (χ0v) is 8.49. The zero-order chi connectivity index (χ0) is 5.70. The van der Waals surface area contributed by atoms with Gasteiger partial charge >= 0.3 is 56.1 Å². The number of hydrogen-bond donors (Lipinski definition) is 0. The quantitative estimate of drug-likeness (QED) is 0.712. The average Bonchev–Trinajstić information content (AvgIpc) is 1.61. The van der Waals surface area contributed by atoms with Gasteiger partial charge in [-0.3, -0.25) is 0 Å². The average molecular weight is 266 g/mol. The van der Waals surface area contributed by atoms with Gasteiger partial charge in [-0.05, 0) is 0 Å². The van der Waals surface area contributed by atoms with Crippen molar-refractivity contribution in [1.82, 2.24) is 0 Å². The molecule has 0 fully saturated rings. The van der Waals surface area contributed by atoms with E-state index in [-0.39, 0.29) is 0 Å². The second-order valence-corrected chi connectivity index (χ2v) is 4.91. The summed E-state index contributed by atoms with van der Waals surface area (Å²) in [5, 5.41) is 0. The molecule has 0 aliphatic carbocycles. The molecule has 0 aromatic carbocycles. The van der Waals surface area contributed by atoms with Crippen LogP contribution >= 0.6 is 0 Å². The van der Waals surface area contributed by atoms with Crippen LogP contribution in [0.1, 0.15) is 20.3 Å². The molecule has 0 heterocycles. The van der Waals surface area contributed by atoms with Crippen LogP contribution in [0.4, 0.5) is 0 Å². The molecule has 0 amide bonds. The number of rotatable bonds is 3. The van der Waals surface area contributed by atoms with Gasteiger partial charge in [0.1, 0.15) is 0 Å². The molecule has 0 rings (SSSR count). The van der Waals surface area contributed by atoms with Crippen LogP contribution in [0.2, 0.25) is 4.18 Å². The summed E-state index contributed by atoms with van der Waals surface area (Å²) in [4.78, 5) is 0. The third kappa shape index (κ3) is 6.67. The standard InChI is InChI=1S/C5H11.Hf.O/c1-4-5(2)3;;/h5H,1,4H2,2-3H3;;. The van der Waals surface area contributed by atoms with Crippen molar-refractivity contribution < 1.29 is 25.8 Å². The van der Waals surface area contributed by atoms with Crippen molar-refractivity contribution in [2.24, 2.45) is 5.92 Å². The van der Waals surface area contributed by atoms with Crippen LogP contribution in [0.3, 0.4) is 0 Å². The fraction of sp³-hybridized carbons (Fsp3) is 1.00. The first kappa shape index (κ1) is 7.67. The van der Waals surface area contributed by atoms with Crippen LogP contribution in [0.5, 0.6) is 0 Å². The molecule has 0 atom stereocenters. The summed E-state index contributed by atoms with van der Waals surface area (Å²) in [7, 11) is 0. The van der Waals surface area contributed by atoms with Crippen LogP contribution in [-0.2, 0) is 25.8 Å². The Hall–Kier alpha value is 0.670. The van der Waals surface area contributed by atoms with Gasteiger partial charge in [0.25, 0.3) is 0 Å². The normalized spacial score (nSPS) is 9.00. The van der Waals surface area contributed by atoms with Gasteiger partial charge in [-0.2, -0.15) is 0 Å². The van der Waals surface area contributed by atoms with Crippen molar-refractivity contribution in [3.8, 4) is 0 Å². The van der Waals surface area contributed by atoms with Gasteiger partial charge in [0, 0.05) is 0 Å². The molecule has 0 aliphatic rings. The van der Waals surface area contributed by atoms with Crippen LogP contribution in [0, 0.1) is 5.92 Å². The molecule has 0 aliphatic heterocycles. The summed E-state index contributed by atoms with van der Waals surface area (Å²) in [6.07, 6.45) is 1.17. The Bertz CT molecular complexity index is 52.0. The minimum absolute atomic E-state index is 0.751. The van der Waals surface area contributed by atoms with Crippen LogP contribution in [-0.4, -0.2) is 0 Å². The van der Waals surface area contributed by atoms with E-state index in [9.17, 15) is 2.85 Å². The van der Waals surface area contributed by atoms with E-state index < -0.39 is 22.9 Å². The van der Waals surface area contributed by atoms with Gasteiger partial charge in [-0.25, -0.2) is 0 Å². The molecule has 0 radical (unpaired) electrons. The maximum atomic E-state index is 10.0. The van der Waals surface area contributed by atoms with Crippen LogP contribution < -0.4 is 0 Å². The first-order chi connectivity index (χ1) is 3.27. The molecular formula is C5H11HfO. The molecule has 0 bridgehead atoms. The van der Waals surface area contributed by atoms with E-state index in [0.29, 0.717) is 0 Å². The second kappa shape index (κ2) is 4.82. The molecule has 41 valence electrons. The first-order valence-electron chi connectivity index (χ1n) is 2.62. The molecule has 2 heteroatoms. The second-order valence-electron chi connectivity index (χ2n) is 2.08. The summed E-state index contributed by atoms with van der Waals surface area (Å²) < 4.78 is 11.1. The van der Waals surface area contributed by atoms with Gasteiger partial charge in [-0.1, -0.05) is 0 Å². The Kier molecular flexibility index (Phi) is 5.28. The fourth-order valence-corrected chi connectivity index (χ4v) is 2.85. The molecule has 0 N–H and O–H groups in total. The molecule has 0 unspecified atom stereocenters. The molecular weight excluding hydrogens is 255 g/mol. The first-order valence-corrected chi connectivity index (χ1v) is 6.63. The summed E-state index contributed by atoms with van der Waals surface area (Å²) >= 11 is -1.27. The van der Waals surface area contributed by atoms with Crippen LogP contribution in [0.15, 0.2) is 0 Å². The monoisotopic (exact) mass is 267 g/mol. The van der Waals surface area contributed by atoms with E-state index in [0.717, 1.165) is 10.1 Å². The van der Waals surface area contributed by atoms with Gasteiger partial charge in [0.05, 0.1) is 0 Å². The maximum absolute atomic E-state index is 10.0. The predicted octanol–water partition coefficient (Wildman–Crippen LogP) is 1.88. The SMILES string of the molecule is CC(C)C[CH2][Hf]=[O]. The molecule has 0 aromatic heterocycles. The third-order valence-electron chi connectivity index (χ3n) is 0.824. The predicted molar refractivity (Wildman–Crippen MR) is 24.9 cm³/mol. The fourth-order valence-electron chi connectivity index (χ4n) is 0.348. The van der Waals surface area contributed by atoms with Crippen molar-refractivity contribution in [2.45, 2.75) is 24.4 Å². The van der Waals surface area contributed by atoms with Crippen molar-refractivity contribution in [2.75, 3.05) is 0 Å². The van der Waals surface area contributed by atoms with E-state index >= 15 is 0 Å². The van der Waals surface area contributed by atoms with E-state index in [2.05, 4.69) is 13.8 Å². The Morgan fingerprint density at radius 2 is 2.14 bits per heavy atom. The molecule has 1 nitrogen and oxygen atoms in total. The van der Waals surface area contributed by atoms with Crippen molar-refractivity contribution in [1.29, 1.82) is 0 Å². The van der Waals surface area contributed by atoms with E-state index in [4.69, 9.17) is 0 Å². The van der Waals surface area contributed by atoms with Crippen molar-refractivity contribution in [3.05, 3.63) is 0 Å². The number of hydrogen-bond acceptors (Lipinski definition) is 1. The van der Waals surface area contributed by atoms with E-state index in [1.54, 1.807) is 0 Å². The molecule has 7 heavy (non-hydrogen) atoms. The topological polar surface area (TPSA) is 17.1 Å². The Morgan fingerprint density at radius 1 is 1.57 bits per heavy atom. The summed E-state index contributed by atoms with van der Waals surface area (Å²) in [6.45, 7) is 4.33.